The minimum absolute atomic E-state index is 0. The normalized spacial score (nSPS) is 21.4. The molecule has 1 unspecified atom stereocenters. The second-order valence-corrected chi connectivity index (χ2v) is 7.85. The van der Waals surface area contributed by atoms with Crippen LogP contribution in [-0.4, -0.2) is 54.8 Å². The van der Waals surface area contributed by atoms with Gasteiger partial charge in [-0.05, 0) is 52.4 Å². The molecule has 2 aliphatic rings. The summed E-state index contributed by atoms with van der Waals surface area (Å²) < 4.78 is 5.24. The third kappa shape index (κ3) is 6.62. The van der Waals surface area contributed by atoms with Crippen molar-refractivity contribution in [2.75, 3.05) is 32.7 Å². The maximum Gasteiger partial charge on any atom is 0.191 e. The Morgan fingerprint density at radius 1 is 1.26 bits per heavy atom. The predicted octanol–water partition coefficient (Wildman–Crippen LogP) is 3.27. The minimum atomic E-state index is 0. The summed E-state index contributed by atoms with van der Waals surface area (Å²) in [6.07, 6.45) is 7.81. The molecule has 27 heavy (non-hydrogen) atoms. The van der Waals surface area contributed by atoms with Crippen LogP contribution in [0.4, 0.5) is 0 Å². The zero-order valence-electron chi connectivity index (χ0n) is 17.1. The maximum atomic E-state index is 5.24. The lowest BCUT2D eigenvalue weighted by atomic mass is 10.1. The van der Waals surface area contributed by atoms with Gasteiger partial charge >= 0.3 is 0 Å². The van der Waals surface area contributed by atoms with Gasteiger partial charge in [0, 0.05) is 44.3 Å². The quantitative estimate of drug-likeness (QED) is 0.350. The zero-order valence-corrected chi connectivity index (χ0v) is 19.4. The predicted molar refractivity (Wildman–Crippen MR) is 121 cm³/mol. The van der Waals surface area contributed by atoms with Crippen LogP contribution >= 0.6 is 24.0 Å². The summed E-state index contributed by atoms with van der Waals surface area (Å²) in [6.45, 7) is 11.4. The number of nitrogens with one attached hydrogen (secondary N) is 2. The molecule has 3 rings (SSSR count). The van der Waals surface area contributed by atoms with Crippen LogP contribution in [0, 0.1) is 19.8 Å². The van der Waals surface area contributed by atoms with Gasteiger partial charge in [0.25, 0.3) is 0 Å². The van der Waals surface area contributed by atoms with Crippen LogP contribution in [-0.2, 0) is 6.42 Å². The molecule has 2 N–H and O–H groups in total. The van der Waals surface area contributed by atoms with E-state index in [1.807, 2.05) is 13.8 Å². The summed E-state index contributed by atoms with van der Waals surface area (Å²) in [5.41, 5.74) is 2.17. The van der Waals surface area contributed by atoms with E-state index in [2.05, 4.69) is 27.6 Å². The first kappa shape index (κ1) is 22.5. The maximum absolute atomic E-state index is 5.24. The van der Waals surface area contributed by atoms with Gasteiger partial charge in [-0.25, -0.2) is 0 Å². The molecular formula is C20H36IN5O. The van der Waals surface area contributed by atoms with Crippen molar-refractivity contribution in [2.45, 2.75) is 65.3 Å². The van der Waals surface area contributed by atoms with Gasteiger partial charge in [0.05, 0.1) is 5.69 Å². The molecule has 1 saturated carbocycles. The number of likely N-dealkylation sites (tertiary alicyclic amines) is 1. The van der Waals surface area contributed by atoms with Crippen LogP contribution in [0.5, 0.6) is 0 Å². The molecule has 1 aliphatic heterocycles. The van der Waals surface area contributed by atoms with Crippen LogP contribution in [0.25, 0.3) is 0 Å². The van der Waals surface area contributed by atoms with Crippen LogP contribution in [0.3, 0.4) is 0 Å². The summed E-state index contributed by atoms with van der Waals surface area (Å²) in [5, 5.41) is 11.1. The molecule has 1 atom stereocenters. The van der Waals surface area contributed by atoms with Gasteiger partial charge in [0.1, 0.15) is 5.76 Å². The molecule has 7 heteroatoms. The molecular weight excluding hydrogens is 453 g/mol. The Hall–Kier alpha value is -0.830. The Balaban J connectivity index is 0.00000261. The van der Waals surface area contributed by atoms with Gasteiger partial charge in [-0.3, -0.25) is 4.99 Å². The van der Waals surface area contributed by atoms with Crippen molar-refractivity contribution in [2.24, 2.45) is 10.9 Å². The highest BCUT2D eigenvalue weighted by Gasteiger charge is 2.26. The summed E-state index contributed by atoms with van der Waals surface area (Å²) in [4.78, 5) is 7.41. The SMILES string of the molecule is CCNC(=NCCc1c(C)noc1C)NC1CCN(CC2CCCC2)C1.I. The Labute approximate surface area is 180 Å². The Kier molecular flexibility index (Phi) is 9.35. The van der Waals surface area contributed by atoms with Crippen molar-refractivity contribution < 1.29 is 4.52 Å². The molecule has 0 spiro atoms. The first-order valence-corrected chi connectivity index (χ1v) is 10.3. The number of rotatable bonds is 7. The number of hydrogen-bond acceptors (Lipinski definition) is 4. The van der Waals surface area contributed by atoms with Gasteiger partial charge in [0.2, 0.25) is 0 Å². The molecule has 6 nitrogen and oxygen atoms in total. The van der Waals surface area contributed by atoms with E-state index in [0.717, 1.165) is 49.4 Å². The number of halogens is 1. The zero-order chi connectivity index (χ0) is 18.4. The number of nitrogens with zero attached hydrogens (tertiary/aromatic N) is 3. The van der Waals surface area contributed by atoms with Gasteiger partial charge in [-0.1, -0.05) is 18.0 Å². The average Bonchev–Trinajstić information content (AvgIpc) is 3.34. The number of hydrogen-bond donors (Lipinski definition) is 2. The van der Waals surface area contributed by atoms with Crippen molar-refractivity contribution in [3.8, 4) is 0 Å². The molecule has 1 saturated heterocycles. The molecule has 0 bridgehead atoms. The average molecular weight is 489 g/mol. The fourth-order valence-corrected chi connectivity index (χ4v) is 4.33. The first-order valence-electron chi connectivity index (χ1n) is 10.3. The number of aryl methyl sites for hydroxylation is 2. The number of guanidine groups is 1. The van der Waals surface area contributed by atoms with E-state index < -0.39 is 0 Å². The standard InChI is InChI=1S/C20H35N5O.HI/c1-4-21-20(22-11-9-19-15(2)24-26-16(19)3)23-18-10-12-25(14-18)13-17-7-5-6-8-17;/h17-18H,4-14H2,1-3H3,(H2,21,22,23);1H. The third-order valence-corrected chi connectivity index (χ3v) is 5.76. The Morgan fingerprint density at radius 3 is 2.70 bits per heavy atom. The Bertz CT molecular complexity index is 578. The molecule has 2 fully saturated rings. The van der Waals surface area contributed by atoms with Gasteiger partial charge < -0.3 is 20.1 Å². The monoisotopic (exact) mass is 489 g/mol. The van der Waals surface area contributed by atoms with Gasteiger partial charge in [0.15, 0.2) is 5.96 Å². The fourth-order valence-electron chi connectivity index (χ4n) is 4.33. The summed E-state index contributed by atoms with van der Waals surface area (Å²) in [5.74, 6) is 2.78. The molecule has 0 radical (unpaired) electrons. The minimum Gasteiger partial charge on any atom is -0.361 e. The van der Waals surface area contributed by atoms with Crippen molar-refractivity contribution in [1.29, 1.82) is 0 Å². The molecule has 0 amide bonds. The van der Waals surface area contributed by atoms with E-state index in [9.17, 15) is 0 Å². The third-order valence-electron chi connectivity index (χ3n) is 5.76. The lowest BCUT2D eigenvalue weighted by Crippen LogP contribution is -2.45. The van der Waals surface area contributed by atoms with E-state index in [0.29, 0.717) is 6.04 Å². The van der Waals surface area contributed by atoms with E-state index >= 15 is 0 Å². The lowest BCUT2D eigenvalue weighted by molar-refractivity contribution is 0.275. The molecule has 154 valence electrons. The van der Waals surface area contributed by atoms with E-state index in [4.69, 9.17) is 9.52 Å². The van der Waals surface area contributed by atoms with Crippen LogP contribution in [0.15, 0.2) is 9.52 Å². The number of aromatic nitrogens is 1. The molecule has 2 heterocycles. The molecule has 1 aliphatic carbocycles. The van der Waals surface area contributed by atoms with Gasteiger partial charge in [-0.15, -0.1) is 24.0 Å². The van der Waals surface area contributed by atoms with E-state index in [1.165, 1.54) is 50.8 Å². The van der Waals surface area contributed by atoms with Crippen molar-refractivity contribution in [3.05, 3.63) is 17.0 Å². The fraction of sp³-hybridized carbons (Fsp3) is 0.800. The summed E-state index contributed by atoms with van der Waals surface area (Å²) in [6, 6.07) is 0.508. The summed E-state index contributed by atoms with van der Waals surface area (Å²) in [7, 11) is 0. The van der Waals surface area contributed by atoms with Crippen molar-refractivity contribution in [3.63, 3.8) is 0 Å². The lowest BCUT2D eigenvalue weighted by Gasteiger charge is -2.21. The molecule has 1 aromatic heterocycles. The highest BCUT2D eigenvalue weighted by atomic mass is 127. The Morgan fingerprint density at radius 2 is 2.04 bits per heavy atom. The first-order chi connectivity index (χ1) is 12.7. The second-order valence-electron chi connectivity index (χ2n) is 7.85. The van der Waals surface area contributed by atoms with E-state index in [1.54, 1.807) is 0 Å². The number of aliphatic imine (C=N–C) groups is 1. The topological polar surface area (TPSA) is 65.7 Å². The molecule has 1 aromatic rings. The summed E-state index contributed by atoms with van der Waals surface area (Å²) >= 11 is 0. The van der Waals surface area contributed by atoms with Crippen molar-refractivity contribution >= 4 is 29.9 Å². The molecule has 0 aromatic carbocycles. The van der Waals surface area contributed by atoms with Crippen molar-refractivity contribution in [1.82, 2.24) is 20.7 Å². The highest BCUT2D eigenvalue weighted by Crippen LogP contribution is 2.26. The second kappa shape index (κ2) is 11.2. The highest BCUT2D eigenvalue weighted by molar-refractivity contribution is 14.0. The largest absolute Gasteiger partial charge is 0.361 e. The van der Waals surface area contributed by atoms with Crippen LogP contribution in [0.2, 0.25) is 0 Å². The van der Waals surface area contributed by atoms with Gasteiger partial charge in [-0.2, -0.15) is 0 Å². The van der Waals surface area contributed by atoms with E-state index in [-0.39, 0.29) is 24.0 Å². The smallest absolute Gasteiger partial charge is 0.191 e. The van der Waals surface area contributed by atoms with Crippen LogP contribution < -0.4 is 10.6 Å². The van der Waals surface area contributed by atoms with Crippen LogP contribution in [0.1, 0.15) is 56.0 Å².